The van der Waals surface area contributed by atoms with E-state index >= 15 is 0 Å². The van der Waals surface area contributed by atoms with Crippen molar-refractivity contribution in [2.24, 2.45) is 0 Å². The normalized spacial score (nSPS) is 16.8. The molecule has 1 aliphatic rings. The highest BCUT2D eigenvalue weighted by molar-refractivity contribution is 7.92. The van der Waals surface area contributed by atoms with Gasteiger partial charge in [-0.05, 0) is 26.3 Å². The van der Waals surface area contributed by atoms with Crippen LogP contribution in [0, 0.1) is 0 Å². The molecule has 0 aromatic heterocycles. The Balaban J connectivity index is 0.00000361. The molecule has 1 aliphatic heterocycles. The van der Waals surface area contributed by atoms with E-state index in [-0.39, 0.29) is 29.8 Å². The van der Waals surface area contributed by atoms with Gasteiger partial charge >= 0.3 is 0 Å². The number of halogens is 1. The van der Waals surface area contributed by atoms with Gasteiger partial charge in [0.15, 0.2) is 9.84 Å². The third kappa shape index (κ3) is 6.90. The Kier molecular flexibility index (Phi) is 9.42. The summed E-state index contributed by atoms with van der Waals surface area (Å²) in [7, 11) is -1.31. The molecule has 0 spiro atoms. The highest BCUT2D eigenvalue weighted by Gasteiger charge is 2.25. The number of carbonyl (C=O) groups is 1. The van der Waals surface area contributed by atoms with Crippen molar-refractivity contribution in [2.45, 2.75) is 45.1 Å². The zero-order valence-corrected chi connectivity index (χ0v) is 14.1. The van der Waals surface area contributed by atoms with Crippen molar-refractivity contribution < 1.29 is 13.2 Å². The van der Waals surface area contributed by atoms with E-state index in [1.807, 2.05) is 14.0 Å². The van der Waals surface area contributed by atoms with Gasteiger partial charge in [0.1, 0.15) is 5.75 Å². The fourth-order valence-electron chi connectivity index (χ4n) is 2.34. The van der Waals surface area contributed by atoms with Crippen molar-refractivity contribution in [3.05, 3.63) is 0 Å². The molecule has 1 rings (SSSR count). The summed E-state index contributed by atoms with van der Waals surface area (Å²) in [6, 6.07) is 0.449. The third-order valence-corrected chi connectivity index (χ3v) is 5.26. The number of sulfone groups is 1. The van der Waals surface area contributed by atoms with Crippen molar-refractivity contribution in [3.63, 3.8) is 0 Å². The Hall–Kier alpha value is -0.330. The molecule has 0 aliphatic carbocycles. The molecule has 0 aromatic rings. The number of unbranched alkanes of at least 4 members (excludes halogenated alkanes) is 2. The SMILES string of the molecule is CCCCCS(=O)(=O)CC(=O)N1CCC(NC)CC1.Cl. The second-order valence-electron chi connectivity index (χ2n) is 5.24. The van der Waals surface area contributed by atoms with Gasteiger partial charge in [0.2, 0.25) is 5.91 Å². The molecular formula is C13H27ClN2O3S. The van der Waals surface area contributed by atoms with Gasteiger partial charge in [0.05, 0.1) is 5.75 Å². The summed E-state index contributed by atoms with van der Waals surface area (Å²) in [4.78, 5) is 13.7. The molecule has 0 bridgehead atoms. The van der Waals surface area contributed by atoms with Crippen LogP contribution in [0.5, 0.6) is 0 Å². The summed E-state index contributed by atoms with van der Waals surface area (Å²) in [5.41, 5.74) is 0. The highest BCUT2D eigenvalue weighted by Crippen LogP contribution is 2.11. The van der Waals surface area contributed by atoms with E-state index in [0.717, 1.165) is 25.7 Å². The van der Waals surface area contributed by atoms with Crippen molar-refractivity contribution in [3.8, 4) is 0 Å². The average Bonchev–Trinajstić information content (AvgIpc) is 2.38. The van der Waals surface area contributed by atoms with Gasteiger partial charge < -0.3 is 10.2 Å². The Morgan fingerprint density at radius 2 is 1.85 bits per heavy atom. The number of nitrogens with one attached hydrogen (secondary N) is 1. The van der Waals surface area contributed by atoms with Gasteiger partial charge in [-0.3, -0.25) is 4.79 Å². The fraction of sp³-hybridized carbons (Fsp3) is 0.923. The van der Waals surface area contributed by atoms with Crippen LogP contribution in [-0.4, -0.2) is 56.9 Å². The third-order valence-electron chi connectivity index (χ3n) is 3.66. The summed E-state index contributed by atoms with van der Waals surface area (Å²) in [5.74, 6) is -0.411. The quantitative estimate of drug-likeness (QED) is 0.714. The molecule has 0 saturated carbocycles. The largest absolute Gasteiger partial charge is 0.342 e. The molecular weight excluding hydrogens is 300 g/mol. The highest BCUT2D eigenvalue weighted by atomic mass is 35.5. The molecule has 1 fully saturated rings. The van der Waals surface area contributed by atoms with Crippen LogP contribution in [0.15, 0.2) is 0 Å². The zero-order chi connectivity index (χ0) is 14.3. The molecule has 120 valence electrons. The van der Waals surface area contributed by atoms with E-state index < -0.39 is 9.84 Å². The monoisotopic (exact) mass is 326 g/mol. The molecule has 0 unspecified atom stereocenters. The van der Waals surface area contributed by atoms with Gasteiger partial charge in [-0.1, -0.05) is 19.8 Å². The van der Waals surface area contributed by atoms with E-state index in [0.29, 0.717) is 25.6 Å². The van der Waals surface area contributed by atoms with Crippen LogP contribution in [0.25, 0.3) is 0 Å². The van der Waals surface area contributed by atoms with Crippen LogP contribution in [0.4, 0.5) is 0 Å². The molecule has 5 nitrogen and oxygen atoms in total. The molecule has 20 heavy (non-hydrogen) atoms. The van der Waals surface area contributed by atoms with Crippen molar-refractivity contribution >= 4 is 28.2 Å². The van der Waals surface area contributed by atoms with E-state index in [9.17, 15) is 13.2 Å². The number of nitrogens with zero attached hydrogens (tertiary/aromatic N) is 1. The van der Waals surface area contributed by atoms with E-state index in [2.05, 4.69) is 5.32 Å². The van der Waals surface area contributed by atoms with Gasteiger partial charge in [0.25, 0.3) is 0 Å². The number of amides is 1. The number of likely N-dealkylation sites (tertiary alicyclic amines) is 1. The summed E-state index contributed by atoms with van der Waals surface area (Å²) < 4.78 is 23.6. The second kappa shape index (κ2) is 9.58. The average molecular weight is 327 g/mol. The molecule has 1 heterocycles. The summed E-state index contributed by atoms with van der Waals surface area (Å²) in [6.45, 7) is 3.35. The topological polar surface area (TPSA) is 66.5 Å². The number of hydrogen-bond acceptors (Lipinski definition) is 4. The maximum atomic E-state index is 12.0. The fourth-order valence-corrected chi connectivity index (χ4v) is 3.69. The number of piperidine rings is 1. The first kappa shape index (κ1) is 19.7. The second-order valence-corrected chi connectivity index (χ2v) is 7.43. The molecule has 1 saturated heterocycles. The Morgan fingerprint density at radius 3 is 2.35 bits per heavy atom. The van der Waals surface area contributed by atoms with Gasteiger partial charge in [-0.2, -0.15) is 0 Å². The zero-order valence-electron chi connectivity index (χ0n) is 12.4. The molecule has 1 N–H and O–H groups in total. The number of carbonyl (C=O) groups excluding carboxylic acids is 1. The van der Waals surface area contributed by atoms with Crippen molar-refractivity contribution in [2.75, 3.05) is 31.6 Å². The minimum Gasteiger partial charge on any atom is -0.342 e. The number of hydrogen-bond donors (Lipinski definition) is 1. The lowest BCUT2D eigenvalue weighted by molar-refractivity contribution is -0.129. The summed E-state index contributed by atoms with van der Waals surface area (Å²) in [5, 5.41) is 3.19. The lowest BCUT2D eigenvalue weighted by atomic mass is 10.1. The molecule has 7 heteroatoms. The van der Waals surface area contributed by atoms with E-state index in [1.165, 1.54) is 0 Å². The molecule has 0 radical (unpaired) electrons. The number of rotatable bonds is 7. The first-order valence-corrected chi connectivity index (χ1v) is 8.96. The van der Waals surface area contributed by atoms with Crippen LogP contribution < -0.4 is 5.32 Å². The van der Waals surface area contributed by atoms with Crippen molar-refractivity contribution in [1.82, 2.24) is 10.2 Å². The minimum atomic E-state index is -3.23. The maximum Gasteiger partial charge on any atom is 0.237 e. The standard InChI is InChI=1S/C13H26N2O3S.ClH/c1-3-4-5-10-19(17,18)11-13(16)15-8-6-12(14-2)7-9-15;/h12,14H,3-11H2,1-2H3;1H. The first-order valence-electron chi connectivity index (χ1n) is 7.14. The minimum absolute atomic E-state index is 0. The lowest BCUT2D eigenvalue weighted by Crippen LogP contribution is -2.45. The molecule has 0 aromatic carbocycles. The molecule has 0 atom stereocenters. The van der Waals surface area contributed by atoms with E-state index in [4.69, 9.17) is 0 Å². The summed E-state index contributed by atoms with van der Waals surface area (Å²) in [6.07, 6.45) is 4.35. The maximum absolute atomic E-state index is 12.0. The predicted molar refractivity (Wildman–Crippen MR) is 84.1 cm³/mol. The smallest absolute Gasteiger partial charge is 0.237 e. The molecule has 1 amide bonds. The van der Waals surface area contributed by atoms with Crippen LogP contribution in [0.1, 0.15) is 39.0 Å². The van der Waals surface area contributed by atoms with Gasteiger partial charge in [-0.25, -0.2) is 8.42 Å². The van der Waals surface area contributed by atoms with E-state index in [1.54, 1.807) is 4.90 Å². The first-order chi connectivity index (χ1) is 8.98. The lowest BCUT2D eigenvalue weighted by Gasteiger charge is -2.31. The summed E-state index contributed by atoms with van der Waals surface area (Å²) >= 11 is 0. The Bertz CT molecular complexity index is 379. The van der Waals surface area contributed by atoms with Gasteiger partial charge in [-0.15, -0.1) is 12.4 Å². The Labute approximate surface area is 128 Å². The van der Waals surface area contributed by atoms with Crippen LogP contribution in [0.2, 0.25) is 0 Å². The van der Waals surface area contributed by atoms with Crippen LogP contribution in [0.3, 0.4) is 0 Å². The van der Waals surface area contributed by atoms with Crippen LogP contribution >= 0.6 is 12.4 Å². The Morgan fingerprint density at radius 1 is 1.25 bits per heavy atom. The van der Waals surface area contributed by atoms with Crippen LogP contribution in [-0.2, 0) is 14.6 Å². The van der Waals surface area contributed by atoms with Gasteiger partial charge in [0, 0.05) is 19.1 Å². The van der Waals surface area contributed by atoms with Crippen molar-refractivity contribution in [1.29, 1.82) is 0 Å². The predicted octanol–water partition coefficient (Wildman–Crippen LogP) is 1.22.